The summed E-state index contributed by atoms with van der Waals surface area (Å²) >= 11 is 1.56. The summed E-state index contributed by atoms with van der Waals surface area (Å²) in [5.41, 5.74) is 1.15. The number of aromatic nitrogens is 1. The number of nitrogens with zero attached hydrogens (tertiary/aromatic N) is 3. The van der Waals surface area contributed by atoms with Gasteiger partial charge in [-0.3, -0.25) is 24.1 Å². The SMILES string of the molecule is COc1cccc2c1CSc1ccccc1[C@@H]2N1CN([C@H](C)C(F)(F)F)C(=O)c2c(OC(C)=O)c(=O)ccn21. The standard InChI is InChI=1S/C27H24F3N3O5S/c1-15(27(28,29)30)31-14-33(32-12-11-20(35)25(38-16(2)34)24(32)26(31)36)23-17-8-6-9-21(37-3)19(17)13-39-22-10-5-4-7-18(22)23/h4-12,15,23H,13-14H2,1-3H3/t15-,23-/m1/s1. The molecule has 0 saturated carbocycles. The topological polar surface area (TPSA) is 81.1 Å². The molecule has 1 amide bonds. The van der Waals surface area contributed by atoms with Crippen molar-refractivity contribution in [2.45, 2.75) is 42.8 Å². The quantitative estimate of drug-likeness (QED) is 0.436. The van der Waals surface area contributed by atoms with E-state index in [1.807, 2.05) is 36.4 Å². The van der Waals surface area contributed by atoms with Gasteiger partial charge >= 0.3 is 12.1 Å². The summed E-state index contributed by atoms with van der Waals surface area (Å²) in [5, 5.41) is 1.58. The van der Waals surface area contributed by atoms with Gasteiger partial charge in [-0.15, -0.1) is 11.8 Å². The summed E-state index contributed by atoms with van der Waals surface area (Å²) < 4.78 is 54.0. The number of carbonyl (C=O) groups is 2. The van der Waals surface area contributed by atoms with Crippen molar-refractivity contribution in [2.24, 2.45) is 0 Å². The van der Waals surface area contributed by atoms with Crippen molar-refractivity contribution in [3.05, 3.63) is 87.3 Å². The summed E-state index contributed by atoms with van der Waals surface area (Å²) in [6.07, 6.45) is -3.43. The molecule has 39 heavy (non-hydrogen) atoms. The normalized spacial score (nSPS) is 17.5. The first kappa shape index (κ1) is 26.7. The lowest BCUT2D eigenvalue weighted by Gasteiger charge is -2.46. The smallest absolute Gasteiger partial charge is 0.408 e. The fourth-order valence-electron chi connectivity index (χ4n) is 4.93. The maximum atomic E-state index is 14.0. The molecule has 0 N–H and O–H groups in total. The van der Waals surface area contributed by atoms with Crippen LogP contribution in [0.25, 0.3) is 0 Å². The van der Waals surface area contributed by atoms with E-state index < -0.39 is 53.7 Å². The minimum absolute atomic E-state index is 0.459. The molecular formula is C27H24F3N3O5S. The Morgan fingerprint density at radius 1 is 1.08 bits per heavy atom. The second-order valence-corrected chi connectivity index (χ2v) is 10.1. The molecule has 2 aromatic carbocycles. The van der Waals surface area contributed by atoms with Crippen molar-refractivity contribution in [2.75, 3.05) is 18.8 Å². The predicted octanol–water partition coefficient (Wildman–Crippen LogP) is 4.48. The Bertz CT molecular complexity index is 1520. The zero-order chi connectivity index (χ0) is 28.1. The summed E-state index contributed by atoms with van der Waals surface area (Å²) in [7, 11) is 1.55. The van der Waals surface area contributed by atoms with Crippen molar-refractivity contribution in [1.82, 2.24) is 9.58 Å². The van der Waals surface area contributed by atoms with Gasteiger partial charge in [0, 0.05) is 35.4 Å². The molecule has 0 saturated heterocycles. The molecule has 5 rings (SSSR count). The highest BCUT2D eigenvalue weighted by atomic mass is 32.2. The molecule has 12 heteroatoms. The number of hydrogen-bond acceptors (Lipinski definition) is 7. The maximum absolute atomic E-state index is 14.0. The third-order valence-electron chi connectivity index (χ3n) is 6.83. The number of hydrogen-bond donors (Lipinski definition) is 0. The molecule has 2 aliphatic rings. The monoisotopic (exact) mass is 559 g/mol. The average molecular weight is 560 g/mol. The number of ether oxygens (including phenoxy) is 2. The van der Waals surface area contributed by atoms with Gasteiger partial charge in [0.2, 0.25) is 11.2 Å². The minimum Gasteiger partial charge on any atom is -0.496 e. The van der Waals surface area contributed by atoms with Gasteiger partial charge in [-0.25, -0.2) is 0 Å². The van der Waals surface area contributed by atoms with Crippen LogP contribution in [0.15, 0.2) is 64.4 Å². The highest BCUT2D eigenvalue weighted by Crippen LogP contribution is 2.45. The molecule has 1 aromatic heterocycles. The Morgan fingerprint density at radius 2 is 1.79 bits per heavy atom. The Kier molecular flexibility index (Phi) is 6.83. The van der Waals surface area contributed by atoms with Gasteiger partial charge in [0.05, 0.1) is 13.2 Å². The van der Waals surface area contributed by atoms with Crippen LogP contribution in [0.3, 0.4) is 0 Å². The van der Waals surface area contributed by atoms with Crippen LogP contribution in [0.5, 0.6) is 11.5 Å². The van der Waals surface area contributed by atoms with Crippen LogP contribution in [0.2, 0.25) is 0 Å². The van der Waals surface area contributed by atoms with Crippen LogP contribution in [0.1, 0.15) is 47.1 Å². The molecule has 2 atom stereocenters. The van der Waals surface area contributed by atoms with Crippen molar-refractivity contribution in [1.29, 1.82) is 0 Å². The number of pyridine rings is 1. The first-order chi connectivity index (χ1) is 18.5. The molecule has 0 aliphatic carbocycles. The zero-order valence-electron chi connectivity index (χ0n) is 21.2. The number of methoxy groups -OCH3 is 1. The van der Waals surface area contributed by atoms with Gasteiger partial charge in [0.1, 0.15) is 18.5 Å². The van der Waals surface area contributed by atoms with Crippen LogP contribution in [-0.2, 0) is 10.5 Å². The van der Waals surface area contributed by atoms with Gasteiger partial charge in [0.15, 0.2) is 5.69 Å². The van der Waals surface area contributed by atoms with Crippen molar-refractivity contribution < 1.29 is 32.2 Å². The van der Waals surface area contributed by atoms with E-state index in [2.05, 4.69) is 0 Å². The molecule has 3 heterocycles. The van der Waals surface area contributed by atoms with Crippen LogP contribution < -0.4 is 19.9 Å². The van der Waals surface area contributed by atoms with Crippen LogP contribution >= 0.6 is 11.8 Å². The number of benzene rings is 2. The number of esters is 1. The molecule has 204 valence electrons. The van der Waals surface area contributed by atoms with Crippen molar-refractivity contribution >= 4 is 23.6 Å². The lowest BCUT2D eigenvalue weighted by Crippen LogP contribution is -2.60. The van der Waals surface area contributed by atoms with Gasteiger partial charge in [-0.05, 0) is 30.2 Å². The fraction of sp³-hybridized carbons (Fsp3) is 0.296. The highest BCUT2D eigenvalue weighted by molar-refractivity contribution is 7.98. The van der Waals surface area contributed by atoms with Gasteiger partial charge in [-0.1, -0.05) is 30.3 Å². The van der Waals surface area contributed by atoms with E-state index >= 15 is 0 Å². The van der Waals surface area contributed by atoms with E-state index in [0.29, 0.717) is 16.4 Å². The molecular weight excluding hydrogens is 535 g/mol. The summed E-state index contributed by atoms with van der Waals surface area (Å²) in [5.74, 6) is -1.42. The fourth-order valence-corrected chi connectivity index (χ4v) is 6.06. The first-order valence-electron chi connectivity index (χ1n) is 12.0. The molecule has 2 aliphatic heterocycles. The number of fused-ring (bicyclic) bond motifs is 3. The largest absolute Gasteiger partial charge is 0.496 e. The van der Waals surface area contributed by atoms with E-state index in [4.69, 9.17) is 9.47 Å². The van der Waals surface area contributed by atoms with Gasteiger partial charge in [0.25, 0.3) is 5.91 Å². The van der Waals surface area contributed by atoms with Crippen LogP contribution in [0, 0.1) is 0 Å². The second kappa shape index (κ2) is 9.99. The Balaban J connectivity index is 1.81. The third kappa shape index (κ3) is 4.62. The molecule has 0 fully saturated rings. The number of thioether (sulfide) groups is 1. The summed E-state index contributed by atoms with van der Waals surface area (Å²) in [6, 6.07) is 11.2. The average Bonchev–Trinajstić information content (AvgIpc) is 3.06. The summed E-state index contributed by atoms with van der Waals surface area (Å²) in [6.45, 7) is 1.47. The van der Waals surface area contributed by atoms with E-state index in [1.165, 1.54) is 10.9 Å². The van der Waals surface area contributed by atoms with Gasteiger partial charge in [-0.2, -0.15) is 13.2 Å². The Hall–Kier alpha value is -3.93. The zero-order valence-corrected chi connectivity index (χ0v) is 22.0. The molecule has 0 unspecified atom stereocenters. The van der Waals surface area contributed by atoms with Crippen LogP contribution in [-0.4, -0.2) is 47.4 Å². The number of carbonyl (C=O) groups excluding carboxylic acids is 2. The summed E-state index contributed by atoms with van der Waals surface area (Å²) in [4.78, 5) is 39.7. The molecule has 3 aromatic rings. The number of alkyl halides is 3. The highest BCUT2D eigenvalue weighted by Gasteiger charge is 2.48. The number of halogens is 3. The minimum atomic E-state index is -4.75. The van der Waals surface area contributed by atoms with Crippen LogP contribution in [0.4, 0.5) is 13.2 Å². The van der Waals surface area contributed by atoms with E-state index in [0.717, 1.165) is 41.5 Å². The molecule has 0 spiro atoms. The predicted molar refractivity (Wildman–Crippen MR) is 138 cm³/mol. The number of rotatable bonds is 4. The lowest BCUT2D eigenvalue weighted by molar-refractivity contribution is -0.173. The third-order valence-corrected chi connectivity index (χ3v) is 7.94. The van der Waals surface area contributed by atoms with E-state index in [1.54, 1.807) is 29.9 Å². The number of amides is 1. The second-order valence-electron chi connectivity index (χ2n) is 9.13. The molecule has 0 bridgehead atoms. The van der Waals surface area contributed by atoms with Gasteiger partial charge < -0.3 is 14.4 Å². The Morgan fingerprint density at radius 3 is 2.49 bits per heavy atom. The van der Waals surface area contributed by atoms with E-state index in [-0.39, 0.29) is 0 Å². The molecule has 0 radical (unpaired) electrons. The Labute approximate surface area is 225 Å². The van der Waals surface area contributed by atoms with Crippen molar-refractivity contribution in [3.8, 4) is 11.5 Å². The van der Waals surface area contributed by atoms with E-state index in [9.17, 15) is 27.6 Å². The first-order valence-corrected chi connectivity index (χ1v) is 13.0. The maximum Gasteiger partial charge on any atom is 0.408 e. The molecule has 8 nitrogen and oxygen atoms in total. The lowest BCUT2D eigenvalue weighted by atomic mass is 9.93. The van der Waals surface area contributed by atoms with Crippen molar-refractivity contribution in [3.63, 3.8) is 0 Å².